The fourth-order valence-corrected chi connectivity index (χ4v) is 0.821. The number of carbonyl (C=O) groups is 4. The smallest absolute Gasteiger partial charge is 0.375 e. The number of esters is 1. The highest BCUT2D eigenvalue weighted by Gasteiger charge is 2.34. The molecule has 0 aliphatic carbocycles. The molecule has 0 heterocycles. The molecule has 0 aliphatic rings. The number of aliphatic carboxylic acids is 2. The van der Waals surface area contributed by atoms with E-state index in [1.807, 2.05) is 0 Å². The summed E-state index contributed by atoms with van der Waals surface area (Å²) >= 11 is 0. The Hall–Kier alpha value is -1.92. The van der Waals surface area contributed by atoms with Crippen LogP contribution in [0.4, 0.5) is 0 Å². The highest BCUT2D eigenvalue weighted by molar-refractivity contribution is 6.33. The molecule has 0 fully saturated rings. The van der Waals surface area contributed by atoms with Crippen LogP contribution in [0.15, 0.2) is 0 Å². The van der Waals surface area contributed by atoms with Gasteiger partial charge in [0.1, 0.15) is 5.92 Å². The molecule has 2 atom stereocenters. The van der Waals surface area contributed by atoms with Crippen LogP contribution in [0.25, 0.3) is 0 Å². The Kier molecular flexibility index (Phi) is 5.14. The van der Waals surface area contributed by atoms with Crippen LogP contribution in [0.2, 0.25) is 0 Å². The molecule has 0 aromatic heterocycles. The van der Waals surface area contributed by atoms with Gasteiger partial charge in [-0.25, -0.2) is 9.59 Å². The topological polar surface area (TPSA) is 118 Å². The number of ketones is 1. The molecule has 0 bridgehead atoms. The first kappa shape index (κ1) is 14.1. The van der Waals surface area contributed by atoms with Crippen molar-refractivity contribution < 1.29 is 34.1 Å². The van der Waals surface area contributed by atoms with E-state index in [1.54, 1.807) is 0 Å². The summed E-state index contributed by atoms with van der Waals surface area (Å²) in [6, 6.07) is 0. The van der Waals surface area contributed by atoms with Crippen LogP contribution >= 0.6 is 0 Å². The number of carbonyl (C=O) groups excluding carboxylic acids is 2. The normalized spacial score (nSPS) is 13.6. The van der Waals surface area contributed by atoms with Crippen molar-refractivity contribution in [2.75, 3.05) is 0 Å². The molecule has 0 spiro atoms. The number of Topliss-reactive ketones (excluding diaryl/α,β-unsaturated/α-hetero) is 1. The van der Waals surface area contributed by atoms with Gasteiger partial charge < -0.3 is 14.9 Å². The number of carboxylic acid groups (broad SMARTS) is 2. The zero-order chi connectivity index (χ0) is 12.9. The number of ether oxygens (including phenoxy) is 1. The molecule has 0 amide bonds. The molecule has 2 unspecified atom stereocenters. The van der Waals surface area contributed by atoms with Gasteiger partial charge in [-0.1, -0.05) is 6.92 Å². The van der Waals surface area contributed by atoms with Gasteiger partial charge in [-0.05, 0) is 6.92 Å². The van der Waals surface area contributed by atoms with Crippen molar-refractivity contribution in [3.63, 3.8) is 0 Å². The average Bonchev–Trinajstić information content (AvgIpc) is 2.22. The van der Waals surface area contributed by atoms with Gasteiger partial charge in [0.15, 0.2) is 0 Å². The first-order chi connectivity index (χ1) is 7.31. The van der Waals surface area contributed by atoms with Crippen LogP contribution in [0.1, 0.15) is 20.3 Å². The van der Waals surface area contributed by atoms with E-state index in [9.17, 15) is 19.2 Å². The van der Waals surface area contributed by atoms with E-state index in [0.29, 0.717) is 0 Å². The average molecular weight is 232 g/mol. The number of hydrogen-bond donors (Lipinski definition) is 2. The summed E-state index contributed by atoms with van der Waals surface area (Å²) in [6.07, 6.45) is -1.99. The SMILES string of the molecule is CCC(=O)C(=O)OC(C(=O)O)C(C)C(=O)O. The quantitative estimate of drug-likeness (QED) is 0.476. The van der Waals surface area contributed by atoms with Crippen LogP contribution in [0, 0.1) is 5.92 Å². The largest absolute Gasteiger partial charge is 0.481 e. The monoisotopic (exact) mass is 232 g/mol. The minimum absolute atomic E-state index is 0.132. The highest BCUT2D eigenvalue weighted by atomic mass is 16.6. The molecule has 0 radical (unpaired) electrons. The molecule has 0 saturated heterocycles. The summed E-state index contributed by atoms with van der Waals surface area (Å²) in [5, 5.41) is 17.2. The molecule has 2 N–H and O–H groups in total. The Balaban J connectivity index is 4.71. The molecule has 0 aliphatic heterocycles. The van der Waals surface area contributed by atoms with E-state index in [4.69, 9.17) is 10.2 Å². The van der Waals surface area contributed by atoms with Gasteiger partial charge in [0, 0.05) is 6.42 Å². The summed E-state index contributed by atoms with van der Waals surface area (Å²) < 4.78 is 4.32. The number of hydrogen-bond acceptors (Lipinski definition) is 5. The van der Waals surface area contributed by atoms with E-state index in [1.165, 1.54) is 6.92 Å². The second-order valence-electron chi connectivity index (χ2n) is 3.07. The highest BCUT2D eigenvalue weighted by Crippen LogP contribution is 2.09. The molecular weight excluding hydrogens is 220 g/mol. The lowest BCUT2D eigenvalue weighted by Crippen LogP contribution is -2.38. The lowest BCUT2D eigenvalue weighted by molar-refractivity contribution is -0.174. The molecule has 7 nitrogen and oxygen atoms in total. The Bertz CT molecular complexity index is 320. The Labute approximate surface area is 91.0 Å². The Morgan fingerprint density at radius 1 is 1.12 bits per heavy atom. The van der Waals surface area contributed by atoms with Gasteiger partial charge in [0.05, 0.1) is 0 Å². The van der Waals surface area contributed by atoms with Crippen molar-refractivity contribution >= 4 is 23.7 Å². The van der Waals surface area contributed by atoms with Crippen molar-refractivity contribution in [2.24, 2.45) is 5.92 Å². The van der Waals surface area contributed by atoms with Crippen molar-refractivity contribution in [2.45, 2.75) is 26.4 Å². The van der Waals surface area contributed by atoms with Crippen molar-refractivity contribution in [3.05, 3.63) is 0 Å². The van der Waals surface area contributed by atoms with E-state index >= 15 is 0 Å². The second kappa shape index (κ2) is 5.84. The molecule has 7 heteroatoms. The first-order valence-corrected chi connectivity index (χ1v) is 4.50. The Morgan fingerprint density at radius 3 is 1.94 bits per heavy atom. The van der Waals surface area contributed by atoms with Crippen LogP contribution < -0.4 is 0 Å². The molecule has 0 saturated carbocycles. The third kappa shape index (κ3) is 3.68. The van der Waals surface area contributed by atoms with Gasteiger partial charge >= 0.3 is 17.9 Å². The van der Waals surface area contributed by atoms with Gasteiger partial charge in [0.25, 0.3) is 0 Å². The van der Waals surface area contributed by atoms with E-state index < -0.39 is 35.7 Å². The molecule has 0 rings (SSSR count). The molecular formula is C9H12O7. The van der Waals surface area contributed by atoms with Crippen LogP contribution in [-0.2, 0) is 23.9 Å². The molecule has 90 valence electrons. The molecule has 0 aromatic carbocycles. The number of carboxylic acids is 2. The molecule has 16 heavy (non-hydrogen) atoms. The fourth-order valence-electron chi connectivity index (χ4n) is 0.821. The Morgan fingerprint density at radius 2 is 1.62 bits per heavy atom. The summed E-state index contributed by atoms with van der Waals surface area (Å²) in [5.74, 6) is -6.69. The first-order valence-electron chi connectivity index (χ1n) is 4.50. The van der Waals surface area contributed by atoms with Crippen LogP contribution in [-0.4, -0.2) is 40.0 Å². The predicted octanol–water partition coefficient (Wildman–Crippen LogP) is -0.317. The van der Waals surface area contributed by atoms with E-state index in [-0.39, 0.29) is 6.42 Å². The van der Waals surface area contributed by atoms with Gasteiger partial charge in [-0.2, -0.15) is 0 Å². The summed E-state index contributed by atoms with van der Waals surface area (Å²) in [4.78, 5) is 43.0. The van der Waals surface area contributed by atoms with Crippen molar-refractivity contribution in [1.82, 2.24) is 0 Å². The lowest BCUT2D eigenvalue weighted by atomic mass is 10.1. The van der Waals surface area contributed by atoms with Gasteiger partial charge in [-0.3, -0.25) is 9.59 Å². The maximum absolute atomic E-state index is 11.0. The third-order valence-electron chi connectivity index (χ3n) is 1.87. The number of rotatable bonds is 6. The minimum Gasteiger partial charge on any atom is -0.481 e. The van der Waals surface area contributed by atoms with E-state index in [2.05, 4.69) is 4.74 Å². The fraction of sp³-hybridized carbons (Fsp3) is 0.556. The predicted molar refractivity (Wildman–Crippen MR) is 49.6 cm³/mol. The van der Waals surface area contributed by atoms with Crippen LogP contribution in [0.3, 0.4) is 0 Å². The zero-order valence-electron chi connectivity index (χ0n) is 8.80. The summed E-state index contributed by atoms with van der Waals surface area (Å²) in [7, 11) is 0. The summed E-state index contributed by atoms with van der Waals surface area (Å²) in [6.45, 7) is 2.48. The van der Waals surface area contributed by atoms with E-state index in [0.717, 1.165) is 6.92 Å². The van der Waals surface area contributed by atoms with Gasteiger partial charge in [-0.15, -0.1) is 0 Å². The van der Waals surface area contributed by atoms with Gasteiger partial charge in [0.2, 0.25) is 11.9 Å². The van der Waals surface area contributed by atoms with Crippen molar-refractivity contribution in [3.8, 4) is 0 Å². The standard InChI is InChI=1S/C9H12O7/c1-3-5(10)9(15)16-6(8(13)14)4(2)7(11)12/h4,6H,3H2,1-2H3,(H,11,12)(H,13,14). The third-order valence-corrected chi connectivity index (χ3v) is 1.87. The maximum Gasteiger partial charge on any atom is 0.375 e. The second-order valence-corrected chi connectivity index (χ2v) is 3.07. The van der Waals surface area contributed by atoms with Crippen LogP contribution in [0.5, 0.6) is 0 Å². The van der Waals surface area contributed by atoms with Crippen molar-refractivity contribution in [1.29, 1.82) is 0 Å². The zero-order valence-corrected chi connectivity index (χ0v) is 8.80. The minimum atomic E-state index is -1.86. The lowest BCUT2D eigenvalue weighted by Gasteiger charge is -2.16. The maximum atomic E-state index is 11.0. The molecule has 0 aromatic rings. The summed E-state index contributed by atoms with van der Waals surface area (Å²) in [5.41, 5.74) is 0.